The summed E-state index contributed by atoms with van der Waals surface area (Å²) in [5.74, 6) is 2.35. The fraction of sp³-hybridized carbons (Fsp3) is 0.786. The van der Waals surface area contributed by atoms with E-state index >= 15 is 0 Å². The lowest BCUT2D eigenvalue weighted by atomic mass is 10.2. The molecule has 0 aliphatic carbocycles. The molecular weight excluding hydrogens is 256 g/mol. The van der Waals surface area contributed by atoms with Crippen molar-refractivity contribution in [2.75, 3.05) is 24.0 Å². The van der Waals surface area contributed by atoms with Crippen LogP contribution in [0.1, 0.15) is 32.0 Å². The summed E-state index contributed by atoms with van der Waals surface area (Å²) in [4.78, 5) is 2.34. The lowest BCUT2D eigenvalue weighted by Gasteiger charge is -2.27. The molecule has 1 N–H and O–H groups in total. The van der Waals surface area contributed by atoms with Crippen LogP contribution in [0.2, 0.25) is 0 Å². The molecule has 0 aliphatic heterocycles. The van der Waals surface area contributed by atoms with Crippen molar-refractivity contribution in [3.63, 3.8) is 0 Å². The van der Waals surface area contributed by atoms with Crippen LogP contribution in [0.4, 0.5) is 5.82 Å². The number of hydrogen-bond donors (Lipinski definition) is 1. The highest BCUT2D eigenvalue weighted by Crippen LogP contribution is 2.24. The summed E-state index contributed by atoms with van der Waals surface area (Å²) in [7, 11) is 4.19. The minimum atomic E-state index is 0.487. The van der Waals surface area contributed by atoms with Gasteiger partial charge in [-0.3, -0.25) is 4.68 Å². The second-order valence-electron chi connectivity index (χ2n) is 5.46. The first kappa shape index (κ1) is 16.4. The van der Waals surface area contributed by atoms with E-state index in [9.17, 15) is 0 Å². The molecule has 1 aromatic rings. The van der Waals surface area contributed by atoms with Crippen LogP contribution in [0.15, 0.2) is 0 Å². The standard InChI is InChI=1S/C14H28N4S/c1-10(2)15-8-13-12(4)16-18(6)14(13)17(5)11(3)9-19-7/h10-11,15H,8-9H2,1-7H3. The summed E-state index contributed by atoms with van der Waals surface area (Å²) < 4.78 is 2.00. The Bertz CT molecular complexity index is 400. The van der Waals surface area contributed by atoms with Crippen molar-refractivity contribution in [2.45, 2.75) is 46.3 Å². The van der Waals surface area contributed by atoms with Crippen LogP contribution in [-0.2, 0) is 13.6 Å². The smallest absolute Gasteiger partial charge is 0.131 e. The van der Waals surface area contributed by atoms with E-state index in [2.05, 4.69) is 56.3 Å². The largest absolute Gasteiger partial charge is 0.356 e. The molecule has 0 fully saturated rings. The summed E-state index contributed by atoms with van der Waals surface area (Å²) in [6.07, 6.45) is 2.15. The molecule has 0 amide bonds. The van der Waals surface area contributed by atoms with E-state index in [0.29, 0.717) is 12.1 Å². The van der Waals surface area contributed by atoms with E-state index in [-0.39, 0.29) is 0 Å². The van der Waals surface area contributed by atoms with Crippen LogP contribution in [-0.4, -0.2) is 40.9 Å². The average molecular weight is 284 g/mol. The molecule has 1 aromatic heterocycles. The second-order valence-corrected chi connectivity index (χ2v) is 6.37. The maximum Gasteiger partial charge on any atom is 0.131 e. The van der Waals surface area contributed by atoms with E-state index in [1.807, 2.05) is 23.5 Å². The molecule has 0 saturated heterocycles. The van der Waals surface area contributed by atoms with E-state index < -0.39 is 0 Å². The number of rotatable bonds is 7. The first-order chi connectivity index (χ1) is 8.88. The minimum Gasteiger partial charge on any atom is -0.356 e. The van der Waals surface area contributed by atoms with Crippen molar-refractivity contribution in [2.24, 2.45) is 7.05 Å². The van der Waals surface area contributed by atoms with E-state index in [1.54, 1.807) is 0 Å². The number of aromatic nitrogens is 2. The molecule has 0 radical (unpaired) electrons. The third-order valence-corrected chi connectivity index (χ3v) is 4.22. The molecule has 1 atom stereocenters. The minimum absolute atomic E-state index is 0.487. The fourth-order valence-electron chi connectivity index (χ4n) is 2.21. The Kier molecular flexibility index (Phi) is 6.20. The lowest BCUT2D eigenvalue weighted by molar-refractivity contribution is 0.585. The van der Waals surface area contributed by atoms with Gasteiger partial charge in [0.15, 0.2) is 0 Å². The van der Waals surface area contributed by atoms with Gasteiger partial charge in [0.1, 0.15) is 5.82 Å². The zero-order chi connectivity index (χ0) is 14.6. The zero-order valence-electron chi connectivity index (χ0n) is 13.3. The summed E-state index contributed by atoms with van der Waals surface area (Å²) in [6, 6.07) is 0.990. The van der Waals surface area contributed by atoms with Crippen molar-refractivity contribution >= 4 is 17.6 Å². The first-order valence-electron chi connectivity index (χ1n) is 6.86. The Labute approximate surface area is 121 Å². The number of aryl methyl sites for hydroxylation is 2. The Morgan fingerprint density at radius 2 is 2.00 bits per heavy atom. The fourth-order valence-corrected chi connectivity index (χ4v) is 2.91. The van der Waals surface area contributed by atoms with Crippen LogP contribution in [0.25, 0.3) is 0 Å². The third kappa shape index (κ3) is 4.14. The maximum absolute atomic E-state index is 4.58. The Balaban J connectivity index is 2.97. The number of nitrogens with zero attached hydrogens (tertiary/aromatic N) is 3. The summed E-state index contributed by atoms with van der Waals surface area (Å²) >= 11 is 1.88. The van der Waals surface area contributed by atoms with Crippen molar-refractivity contribution in [1.82, 2.24) is 15.1 Å². The first-order valence-corrected chi connectivity index (χ1v) is 8.25. The van der Waals surface area contributed by atoms with Gasteiger partial charge in [-0.25, -0.2) is 0 Å². The van der Waals surface area contributed by atoms with E-state index in [4.69, 9.17) is 0 Å². The Hall–Kier alpha value is -0.680. The molecule has 1 rings (SSSR count). The zero-order valence-corrected chi connectivity index (χ0v) is 14.1. The van der Waals surface area contributed by atoms with Crippen molar-refractivity contribution in [3.05, 3.63) is 11.3 Å². The molecule has 0 spiro atoms. The van der Waals surface area contributed by atoms with Crippen LogP contribution >= 0.6 is 11.8 Å². The number of hydrogen-bond acceptors (Lipinski definition) is 4. The lowest BCUT2D eigenvalue weighted by Crippen LogP contribution is -2.34. The van der Waals surface area contributed by atoms with E-state index in [1.165, 1.54) is 11.4 Å². The molecule has 0 aromatic carbocycles. The predicted octanol–water partition coefficient (Wildman–Crippen LogP) is 2.41. The van der Waals surface area contributed by atoms with Gasteiger partial charge < -0.3 is 10.2 Å². The van der Waals surface area contributed by atoms with Gasteiger partial charge in [0.05, 0.1) is 5.69 Å². The Morgan fingerprint density at radius 3 is 2.53 bits per heavy atom. The molecule has 4 nitrogen and oxygen atoms in total. The quantitative estimate of drug-likeness (QED) is 0.833. The van der Waals surface area contributed by atoms with Crippen molar-refractivity contribution < 1.29 is 0 Å². The van der Waals surface area contributed by atoms with Gasteiger partial charge in [-0.05, 0) is 20.1 Å². The summed E-state index contributed by atoms with van der Waals surface area (Å²) in [5, 5.41) is 8.08. The Morgan fingerprint density at radius 1 is 1.37 bits per heavy atom. The molecule has 1 heterocycles. The number of anilines is 1. The van der Waals surface area contributed by atoms with Gasteiger partial charge in [-0.2, -0.15) is 16.9 Å². The van der Waals surface area contributed by atoms with Crippen molar-refractivity contribution in [1.29, 1.82) is 0 Å². The van der Waals surface area contributed by atoms with Gasteiger partial charge in [0.2, 0.25) is 0 Å². The molecule has 19 heavy (non-hydrogen) atoms. The molecule has 1 unspecified atom stereocenters. The van der Waals surface area contributed by atoms with Gasteiger partial charge in [0, 0.05) is 44.0 Å². The average Bonchev–Trinajstić information content (AvgIpc) is 2.60. The second kappa shape index (κ2) is 7.20. The van der Waals surface area contributed by atoms with Gasteiger partial charge >= 0.3 is 0 Å². The van der Waals surface area contributed by atoms with Crippen LogP contribution in [0.3, 0.4) is 0 Å². The van der Waals surface area contributed by atoms with Gasteiger partial charge in [0.25, 0.3) is 0 Å². The number of thioether (sulfide) groups is 1. The predicted molar refractivity (Wildman–Crippen MR) is 86.2 cm³/mol. The van der Waals surface area contributed by atoms with Crippen molar-refractivity contribution in [3.8, 4) is 0 Å². The highest BCUT2D eigenvalue weighted by molar-refractivity contribution is 7.98. The van der Waals surface area contributed by atoms with Crippen LogP contribution < -0.4 is 10.2 Å². The molecule has 0 saturated carbocycles. The monoisotopic (exact) mass is 284 g/mol. The highest BCUT2D eigenvalue weighted by Gasteiger charge is 2.20. The third-order valence-electron chi connectivity index (χ3n) is 3.40. The molecule has 0 aliphatic rings. The SMILES string of the molecule is CSCC(C)N(C)c1c(CNC(C)C)c(C)nn1C. The molecular formula is C14H28N4S. The molecule has 110 valence electrons. The molecule has 5 heteroatoms. The topological polar surface area (TPSA) is 33.1 Å². The molecule has 0 bridgehead atoms. The summed E-state index contributed by atoms with van der Waals surface area (Å²) in [5.41, 5.74) is 2.43. The maximum atomic E-state index is 4.58. The van der Waals surface area contributed by atoms with Crippen LogP contribution in [0, 0.1) is 6.92 Å². The number of nitrogens with one attached hydrogen (secondary N) is 1. The highest BCUT2D eigenvalue weighted by atomic mass is 32.2. The summed E-state index contributed by atoms with van der Waals surface area (Å²) in [6.45, 7) is 9.58. The van der Waals surface area contributed by atoms with Gasteiger partial charge in [-0.15, -0.1) is 0 Å². The van der Waals surface area contributed by atoms with E-state index in [0.717, 1.165) is 18.0 Å². The van der Waals surface area contributed by atoms with Crippen LogP contribution in [0.5, 0.6) is 0 Å². The van der Waals surface area contributed by atoms with Gasteiger partial charge in [-0.1, -0.05) is 13.8 Å². The normalized spacial score (nSPS) is 13.1.